The molecular formula is C19H24N2O3. The molecule has 4 aliphatic heterocycles. The molecule has 0 spiro atoms. The number of nitrogens with zero attached hydrogens (tertiary/aromatic N) is 2. The molecule has 2 atom stereocenters. The number of fused-ring (bicyclic) bond motifs is 3. The minimum absolute atomic E-state index is 0.0291. The number of carbonyl (C=O) groups is 1. The van der Waals surface area contributed by atoms with Crippen LogP contribution in [0.3, 0.4) is 0 Å². The zero-order valence-corrected chi connectivity index (χ0v) is 14.3. The molecule has 1 aromatic rings. The van der Waals surface area contributed by atoms with Gasteiger partial charge in [0.05, 0.1) is 6.04 Å². The Morgan fingerprint density at radius 1 is 1.21 bits per heavy atom. The first-order valence-corrected chi connectivity index (χ1v) is 8.72. The van der Waals surface area contributed by atoms with Crippen LogP contribution < -0.4 is 4.74 Å². The van der Waals surface area contributed by atoms with Gasteiger partial charge in [0.2, 0.25) is 0 Å². The second kappa shape index (κ2) is 6.13. The highest BCUT2D eigenvalue weighted by atomic mass is 16.7. The fraction of sp³-hybridized carbons (Fsp3) is 0.526. The Labute approximate surface area is 142 Å². The van der Waals surface area contributed by atoms with Crippen LogP contribution in [0.25, 0.3) is 0 Å². The van der Waals surface area contributed by atoms with E-state index in [2.05, 4.69) is 9.80 Å². The molecule has 24 heavy (non-hydrogen) atoms. The summed E-state index contributed by atoms with van der Waals surface area (Å²) in [7, 11) is 0. The summed E-state index contributed by atoms with van der Waals surface area (Å²) in [5.41, 5.74) is 1.82. The normalized spacial score (nSPS) is 31.6. The lowest BCUT2D eigenvalue weighted by atomic mass is 9.83. The van der Waals surface area contributed by atoms with Gasteiger partial charge in [-0.3, -0.25) is 9.69 Å². The zero-order chi connectivity index (χ0) is 16.7. The Bertz CT molecular complexity index is 647. The molecule has 1 unspecified atom stereocenters. The molecule has 2 bridgehead atoms. The first-order chi connectivity index (χ1) is 11.6. The number of benzene rings is 1. The van der Waals surface area contributed by atoms with E-state index in [1.807, 2.05) is 31.2 Å². The third-order valence-corrected chi connectivity index (χ3v) is 5.40. The minimum Gasteiger partial charge on any atom is -0.443 e. The molecule has 0 radical (unpaired) electrons. The van der Waals surface area contributed by atoms with Gasteiger partial charge < -0.3 is 14.4 Å². The van der Waals surface area contributed by atoms with Crippen molar-refractivity contribution in [1.29, 1.82) is 0 Å². The van der Waals surface area contributed by atoms with Crippen LogP contribution in [-0.4, -0.2) is 47.7 Å². The third kappa shape index (κ3) is 2.77. The number of allylic oxidation sites excluding steroid dienone is 1. The van der Waals surface area contributed by atoms with Crippen LogP contribution in [0, 0.1) is 12.8 Å². The van der Waals surface area contributed by atoms with E-state index in [9.17, 15) is 4.79 Å². The average Bonchev–Trinajstić information content (AvgIpc) is 3.01. The first-order valence-electron chi connectivity index (χ1n) is 8.72. The lowest BCUT2D eigenvalue weighted by Gasteiger charge is -2.49. The standard InChI is InChI=1S/C19H24N2O3/c1-13-3-5-16(6-4-13)24-19-21(18(12-23-19)14(2)22)17-11-20-9-7-15(17)8-10-20/h3-6,12,15,17,19H,7-11H2,1-2H3/t17-,19?/m0/s1. The summed E-state index contributed by atoms with van der Waals surface area (Å²) < 4.78 is 11.8. The van der Waals surface area contributed by atoms with Crippen LogP contribution in [0.1, 0.15) is 25.3 Å². The molecule has 3 fully saturated rings. The Morgan fingerprint density at radius 2 is 1.92 bits per heavy atom. The maximum Gasteiger partial charge on any atom is 0.327 e. The molecule has 5 rings (SSSR count). The molecule has 128 valence electrons. The molecule has 4 aliphatic rings. The number of ketones is 1. The summed E-state index contributed by atoms with van der Waals surface area (Å²) in [6.45, 7) is 6.95. The van der Waals surface area contributed by atoms with Crippen molar-refractivity contribution in [2.45, 2.75) is 39.1 Å². The fourth-order valence-corrected chi connectivity index (χ4v) is 4.03. The largest absolute Gasteiger partial charge is 0.443 e. The Hall–Kier alpha value is -2.01. The number of aryl methyl sites for hydroxylation is 1. The summed E-state index contributed by atoms with van der Waals surface area (Å²) in [6.07, 6.45) is 3.38. The quantitative estimate of drug-likeness (QED) is 0.849. The van der Waals surface area contributed by atoms with Crippen LogP contribution in [0.2, 0.25) is 0 Å². The number of piperidine rings is 3. The van der Waals surface area contributed by atoms with Crippen molar-refractivity contribution in [2.24, 2.45) is 5.92 Å². The molecule has 0 aliphatic carbocycles. The summed E-state index contributed by atoms with van der Waals surface area (Å²) in [5, 5.41) is 0. The molecule has 0 amide bonds. The molecular weight excluding hydrogens is 304 g/mol. The highest BCUT2D eigenvalue weighted by molar-refractivity contribution is 5.92. The highest BCUT2D eigenvalue weighted by Crippen LogP contribution is 2.36. The molecule has 1 aromatic carbocycles. The van der Waals surface area contributed by atoms with E-state index in [4.69, 9.17) is 9.47 Å². The zero-order valence-electron chi connectivity index (χ0n) is 14.3. The predicted molar refractivity (Wildman–Crippen MR) is 90.2 cm³/mol. The van der Waals surface area contributed by atoms with E-state index in [1.165, 1.54) is 31.5 Å². The van der Waals surface area contributed by atoms with Gasteiger partial charge in [-0.1, -0.05) is 17.7 Å². The van der Waals surface area contributed by atoms with Crippen LogP contribution in [0.4, 0.5) is 0 Å². The first kappa shape index (κ1) is 15.5. The lowest BCUT2D eigenvalue weighted by molar-refractivity contribution is -0.144. The molecule has 3 saturated heterocycles. The second-order valence-corrected chi connectivity index (χ2v) is 7.05. The van der Waals surface area contributed by atoms with Crippen molar-refractivity contribution in [1.82, 2.24) is 9.80 Å². The van der Waals surface area contributed by atoms with Gasteiger partial charge in [-0.05, 0) is 50.9 Å². The van der Waals surface area contributed by atoms with E-state index >= 15 is 0 Å². The summed E-state index contributed by atoms with van der Waals surface area (Å²) in [6, 6.07) is 8.20. The van der Waals surface area contributed by atoms with Crippen molar-refractivity contribution in [3.8, 4) is 5.75 Å². The number of ether oxygens (including phenoxy) is 2. The second-order valence-electron chi connectivity index (χ2n) is 7.05. The molecule has 0 saturated carbocycles. The Kier molecular flexibility index (Phi) is 3.96. The van der Waals surface area contributed by atoms with E-state index in [0.29, 0.717) is 11.6 Å². The SMILES string of the molecule is CC(=O)C1=COC(Oc2ccc(C)cc2)N1[C@H]1CN2CCC1CC2. The van der Waals surface area contributed by atoms with Crippen LogP contribution in [0.15, 0.2) is 36.2 Å². The highest BCUT2D eigenvalue weighted by Gasteiger charge is 2.45. The molecule has 5 heteroatoms. The lowest BCUT2D eigenvalue weighted by Crippen LogP contribution is -2.59. The number of carbonyl (C=O) groups excluding carboxylic acids is 1. The molecule has 0 aromatic heterocycles. The Balaban J connectivity index is 1.57. The molecule has 4 heterocycles. The Morgan fingerprint density at radius 3 is 2.50 bits per heavy atom. The summed E-state index contributed by atoms with van der Waals surface area (Å²) in [5.74, 6) is 1.39. The molecule has 0 N–H and O–H groups in total. The monoisotopic (exact) mass is 328 g/mol. The van der Waals surface area contributed by atoms with Gasteiger partial charge in [-0.25, -0.2) is 0 Å². The van der Waals surface area contributed by atoms with Crippen molar-refractivity contribution >= 4 is 5.78 Å². The predicted octanol–water partition coefficient (Wildman–Crippen LogP) is 2.51. The van der Waals surface area contributed by atoms with Gasteiger partial charge in [-0.15, -0.1) is 0 Å². The van der Waals surface area contributed by atoms with Gasteiger partial charge in [0.25, 0.3) is 0 Å². The van der Waals surface area contributed by atoms with Gasteiger partial charge in [0.15, 0.2) is 5.78 Å². The van der Waals surface area contributed by atoms with Crippen molar-refractivity contribution < 1.29 is 14.3 Å². The van der Waals surface area contributed by atoms with Crippen molar-refractivity contribution in [3.05, 3.63) is 41.8 Å². The summed E-state index contributed by atoms with van der Waals surface area (Å²) in [4.78, 5) is 16.6. The summed E-state index contributed by atoms with van der Waals surface area (Å²) >= 11 is 0. The van der Waals surface area contributed by atoms with Gasteiger partial charge in [0, 0.05) is 13.5 Å². The smallest absolute Gasteiger partial charge is 0.327 e. The van der Waals surface area contributed by atoms with E-state index in [1.54, 1.807) is 13.2 Å². The van der Waals surface area contributed by atoms with Crippen molar-refractivity contribution in [2.75, 3.05) is 19.6 Å². The van der Waals surface area contributed by atoms with Crippen LogP contribution >= 0.6 is 0 Å². The van der Waals surface area contributed by atoms with E-state index in [0.717, 1.165) is 12.3 Å². The minimum atomic E-state index is -0.558. The van der Waals surface area contributed by atoms with Crippen LogP contribution in [-0.2, 0) is 9.53 Å². The average molecular weight is 328 g/mol. The van der Waals surface area contributed by atoms with E-state index < -0.39 is 6.41 Å². The van der Waals surface area contributed by atoms with Crippen LogP contribution in [0.5, 0.6) is 5.75 Å². The number of Topliss-reactive ketones (excluding diaryl/α,β-unsaturated/α-hetero) is 1. The van der Waals surface area contributed by atoms with Gasteiger partial charge in [-0.2, -0.15) is 0 Å². The number of rotatable bonds is 4. The third-order valence-electron chi connectivity index (χ3n) is 5.40. The number of hydrogen-bond acceptors (Lipinski definition) is 5. The molecule has 5 nitrogen and oxygen atoms in total. The van der Waals surface area contributed by atoms with Crippen molar-refractivity contribution in [3.63, 3.8) is 0 Å². The van der Waals surface area contributed by atoms with Gasteiger partial charge >= 0.3 is 6.41 Å². The van der Waals surface area contributed by atoms with E-state index in [-0.39, 0.29) is 11.8 Å². The van der Waals surface area contributed by atoms with Gasteiger partial charge in [0.1, 0.15) is 17.7 Å². The maximum atomic E-state index is 12.1. The topological polar surface area (TPSA) is 42.0 Å². The fourth-order valence-electron chi connectivity index (χ4n) is 4.03. The maximum absolute atomic E-state index is 12.1. The number of hydrogen-bond donors (Lipinski definition) is 0.